The highest BCUT2D eigenvalue weighted by molar-refractivity contribution is 5.93. The van der Waals surface area contributed by atoms with Crippen molar-refractivity contribution in [3.8, 4) is 0 Å². The Balaban J connectivity index is 1.31. The Kier molecular flexibility index (Phi) is 4.96. The number of likely N-dealkylation sites (tertiary alicyclic amines) is 1. The number of rotatable bonds is 2. The first kappa shape index (κ1) is 21.2. The average Bonchev–Trinajstić information content (AvgIpc) is 3.26. The van der Waals surface area contributed by atoms with Crippen LogP contribution in [0, 0.1) is 12.3 Å². The van der Waals surface area contributed by atoms with Crippen LogP contribution >= 0.6 is 0 Å². The van der Waals surface area contributed by atoms with Gasteiger partial charge in [0, 0.05) is 55.6 Å². The summed E-state index contributed by atoms with van der Waals surface area (Å²) in [5, 5.41) is 0. The van der Waals surface area contributed by atoms with Gasteiger partial charge in [-0.1, -0.05) is 13.0 Å². The van der Waals surface area contributed by atoms with Crippen LogP contribution in [-0.4, -0.2) is 57.6 Å². The smallest absolute Gasteiger partial charge is 0.272 e. The third kappa shape index (κ3) is 3.36. The molecule has 1 unspecified atom stereocenters. The van der Waals surface area contributed by atoms with Crippen molar-refractivity contribution in [2.24, 2.45) is 5.41 Å². The molecule has 3 atom stereocenters. The Hall–Kier alpha value is -2.61. The minimum atomic E-state index is -0.970. The second-order valence-electron chi connectivity index (χ2n) is 9.63. The van der Waals surface area contributed by atoms with E-state index in [9.17, 15) is 18.4 Å². The third-order valence-corrected chi connectivity index (χ3v) is 7.36. The molecule has 4 aliphatic rings. The molecule has 1 aliphatic carbocycles. The summed E-state index contributed by atoms with van der Waals surface area (Å²) in [5.41, 5.74) is -0.606. The molecule has 6 nitrogen and oxygen atoms in total. The highest BCUT2D eigenvalue weighted by Gasteiger charge is 2.60. The number of pyridine rings is 1. The number of hydrogen-bond donors (Lipinski definition) is 0. The molecule has 1 aromatic rings. The van der Waals surface area contributed by atoms with Crippen molar-refractivity contribution in [1.82, 2.24) is 14.8 Å². The molecule has 1 spiro atoms. The Bertz CT molecular complexity index is 1030. The van der Waals surface area contributed by atoms with E-state index in [1.54, 1.807) is 28.9 Å². The van der Waals surface area contributed by atoms with Crippen molar-refractivity contribution in [2.75, 3.05) is 13.1 Å². The van der Waals surface area contributed by atoms with Gasteiger partial charge in [-0.25, -0.2) is 13.8 Å². The zero-order valence-corrected chi connectivity index (χ0v) is 18.3. The first-order valence-corrected chi connectivity index (χ1v) is 11.2. The molecule has 5 rings (SSSR count). The summed E-state index contributed by atoms with van der Waals surface area (Å²) in [7, 11) is 0. The molecule has 0 N–H and O–H groups in total. The van der Waals surface area contributed by atoms with Crippen LogP contribution in [0.5, 0.6) is 0 Å². The number of hydrogen-bond acceptors (Lipinski definition) is 4. The number of nitrogens with zero attached hydrogens (tertiary/aromatic N) is 3. The topological polar surface area (TPSA) is 62.7 Å². The van der Waals surface area contributed by atoms with E-state index >= 15 is 0 Å². The molecule has 3 aliphatic heterocycles. The van der Waals surface area contributed by atoms with E-state index in [2.05, 4.69) is 4.98 Å². The maximum atomic E-state index is 14.1. The van der Waals surface area contributed by atoms with E-state index in [0.29, 0.717) is 44.5 Å². The molecular formula is C24H27F2N3O3. The fourth-order valence-corrected chi connectivity index (χ4v) is 5.77. The van der Waals surface area contributed by atoms with Crippen LogP contribution in [0.3, 0.4) is 0 Å². The number of allylic oxidation sites excluding steroid dienone is 3. The summed E-state index contributed by atoms with van der Waals surface area (Å²) in [4.78, 5) is 34.2. The molecule has 0 aromatic carbocycles. The minimum absolute atomic E-state index is 0.0698. The molecule has 3 saturated heterocycles. The molecule has 8 heteroatoms. The van der Waals surface area contributed by atoms with Gasteiger partial charge in [-0.3, -0.25) is 9.59 Å². The number of amides is 2. The number of aryl methyl sites for hydroxylation is 1. The molecule has 2 amide bonds. The molecule has 3 fully saturated rings. The quantitative estimate of drug-likeness (QED) is 0.697. The highest BCUT2D eigenvalue weighted by Crippen LogP contribution is 2.50. The number of piperidine rings is 1. The molecule has 32 heavy (non-hydrogen) atoms. The molecule has 0 radical (unpaired) electrons. The van der Waals surface area contributed by atoms with Crippen molar-refractivity contribution in [3.63, 3.8) is 0 Å². The van der Waals surface area contributed by atoms with Crippen molar-refractivity contribution >= 4 is 11.8 Å². The van der Waals surface area contributed by atoms with E-state index in [1.165, 1.54) is 6.08 Å². The largest absolute Gasteiger partial charge is 0.342 e. The normalized spacial score (nSPS) is 31.6. The molecule has 1 aromatic heterocycles. The Morgan fingerprint density at radius 2 is 1.97 bits per heavy atom. The minimum Gasteiger partial charge on any atom is -0.342 e. The number of aromatic nitrogens is 1. The van der Waals surface area contributed by atoms with Crippen molar-refractivity contribution in [3.05, 3.63) is 53.4 Å². The van der Waals surface area contributed by atoms with Gasteiger partial charge in [0.2, 0.25) is 0 Å². The van der Waals surface area contributed by atoms with Gasteiger partial charge in [0.15, 0.2) is 5.60 Å². The summed E-state index contributed by atoms with van der Waals surface area (Å²) in [5.74, 6) is -1.37. The van der Waals surface area contributed by atoms with Crippen LogP contribution in [0.4, 0.5) is 8.78 Å². The standard InChI is InChI=1S/C24H27F2N3O3/c1-15-4-3-5-18(27-15)21(30)28-10-8-24(9-11-28)22(31)29-19(6-7-20(29)32-24)23(2)13-16(25)12-17(26)14-23/h3-5,12-13,19-20H,6-11,14H2,1-2H3/t19-,20+,23?/m0/s1. The molecule has 0 bridgehead atoms. The number of ether oxygens (including phenoxy) is 1. The van der Waals surface area contributed by atoms with Crippen LogP contribution in [0.25, 0.3) is 0 Å². The predicted molar refractivity (Wildman–Crippen MR) is 113 cm³/mol. The zero-order valence-electron chi connectivity index (χ0n) is 18.3. The van der Waals surface area contributed by atoms with E-state index in [1.807, 2.05) is 13.0 Å². The molecule has 4 heterocycles. The average molecular weight is 443 g/mol. The number of carbonyl (C=O) groups is 2. The summed E-state index contributed by atoms with van der Waals surface area (Å²) in [6.45, 7) is 4.44. The lowest BCUT2D eigenvalue weighted by atomic mass is 9.74. The lowest BCUT2D eigenvalue weighted by molar-refractivity contribution is -0.143. The first-order chi connectivity index (χ1) is 15.2. The zero-order chi connectivity index (χ0) is 22.7. The van der Waals surface area contributed by atoms with Crippen LogP contribution in [0.2, 0.25) is 0 Å². The summed E-state index contributed by atoms with van der Waals surface area (Å²) >= 11 is 0. The Morgan fingerprint density at radius 1 is 1.22 bits per heavy atom. The second kappa shape index (κ2) is 7.47. The Labute approximate surface area is 185 Å². The fourth-order valence-electron chi connectivity index (χ4n) is 5.77. The lowest BCUT2D eigenvalue weighted by Crippen LogP contribution is -2.54. The number of carbonyl (C=O) groups excluding carboxylic acids is 2. The predicted octanol–water partition coefficient (Wildman–Crippen LogP) is 3.83. The lowest BCUT2D eigenvalue weighted by Gasteiger charge is -2.40. The van der Waals surface area contributed by atoms with Gasteiger partial charge in [0.1, 0.15) is 23.6 Å². The first-order valence-electron chi connectivity index (χ1n) is 11.2. The van der Waals surface area contributed by atoms with Crippen LogP contribution in [0.1, 0.15) is 55.2 Å². The van der Waals surface area contributed by atoms with Crippen LogP contribution < -0.4 is 0 Å². The van der Waals surface area contributed by atoms with Crippen molar-refractivity contribution < 1.29 is 23.1 Å². The van der Waals surface area contributed by atoms with E-state index < -0.39 is 22.7 Å². The second-order valence-corrected chi connectivity index (χ2v) is 9.63. The van der Waals surface area contributed by atoms with Crippen LogP contribution in [0.15, 0.2) is 42.0 Å². The van der Waals surface area contributed by atoms with Crippen LogP contribution in [-0.2, 0) is 9.53 Å². The van der Waals surface area contributed by atoms with Gasteiger partial charge in [-0.2, -0.15) is 0 Å². The van der Waals surface area contributed by atoms with E-state index in [0.717, 1.165) is 11.8 Å². The van der Waals surface area contributed by atoms with E-state index in [4.69, 9.17) is 4.74 Å². The molecule has 0 saturated carbocycles. The van der Waals surface area contributed by atoms with Gasteiger partial charge in [-0.05, 0) is 38.0 Å². The van der Waals surface area contributed by atoms with Gasteiger partial charge in [0.25, 0.3) is 11.8 Å². The highest BCUT2D eigenvalue weighted by atomic mass is 19.1. The maximum absolute atomic E-state index is 14.1. The summed E-state index contributed by atoms with van der Waals surface area (Å²) < 4.78 is 34.4. The van der Waals surface area contributed by atoms with Gasteiger partial charge in [0.05, 0.1) is 0 Å². The monoisotopic (exact) mass is 443 g/mol. The van der Waals surface area contributed by atoms with E-state index in [-0.39, 0.29) is 30.5 Å². The summed E-state index contributed by atoms with van der Waals surface area (Å²) in [6, 6.07) is 5.02. The number of fused-ring (bicyclic) bond motifs is 1. The van der Waals surface area contributed by atoms with Crippen molar-refractivity contribution in [2.45, 2.75) is 63.8 Å². The maximum Gasteiger partial charge on any atom is 0.272 e. The SMILES string of the molecule is Cc1cccc(C(=O)N2CCC3(CC2)O[C@@H]2CC[C@@H](C4(C)C=C(F)C=C(F)C4)N2C3=O)n1. The molecule has 170 valence electrons. The summed E-state index contributed by atoms with van der Waals surface area (Å²) in [6.07, 6.45) is 4.13. The number of halogens is 2. The Morgan fingerprint density at radius 3 is 2.66 bits per heavy atom. The fraction of sp³-hybridized carbons (Fsp3) is 0.542. The van der Waals surface area contributed by atoms with Gasteiger partial charge >= 0.3 is 0 Å². The van der Waals surface area contributed by atoms with Crippen molar-refractivity contribution in [1.29, 1.82) is 0 Å². The van der Waals surface area contributed by atoms with Gasteiger partial charge < -0.3 is 14.5 Å². The third-order valence-electron chi connectivity index (χ3n) is 7.36. The molecular weight excluding hydrogens is 416 g/mol. The van der Waals surface area contributed by atoms with Gasteiger partial charge in [-0.15, -0.1) is 0 Å².